The second-order valence-corrected chi connectivity index (χ2v) is 4.98. The van der Waals surface area contributed by atoms with Gasteiger partial charge in [0.2, 0.25) is 0 Å². The molecule has 0 aromatic heterocycles. The van der Waals surface area contributed by atoms with Crippen molar-refractivity contribution in [1.82, 2.24) is 5.32 Å². The summed E-state index contributed by atoms with van der Waals surface area (Å²) >= 11 is 0. The van der Waals surface area contributed by atoms with E-state index in [1.165, 1.54) is 12.7 Å². The van der Waals surface area contributed by atoms with E-state index in [2.05, 4.69) is 17.4 Å². The van der Waals surface area contributed by atoms with Gasteiger partial charge in [-0.2, -0.15) is 0 Å². The third kappa shape index (κ3) is 4.65. The molecular formula is C15H21NO3. The van der Waals surface area contributed by atoms with E-state index in [0.29, 0.717) is 25.7 Å². The number of carbonyl (C=O) groups excluding carboxylic acids is 1. The van der Waals surface area contributed by atoms with E-state index in [0.717, 1.165) is 13.0 Å². The molecule has 1 aromatic carbocycles. The lowest BCUT2D eigenvalue weighted by molar-refractivity contribution is -0.143. The Hall–Kier alpha value is -1.39. The Morgan fingerprint density at radius 2 is 2.16 bits per heavy atom. The Morgan fingerprint density at radius 3 is 2.89 bits per heavy atom. The summed E-state index contributed by atoms with van der Waals surface area (Å²) in [5, 5.41) is 3.48. The Kier molecular flexibility index (Phi) is 5.36. The first-order valence-corrected chi connectivity index (χ1v) is 6.70. The summed E-state index contributed by atoms with van der Waals surface area (Å²) < 4.78 is 10.3. The first kappa shape index (κ1) is 14.0. The first-order valence-electron chi connectivity index (χ1n) is 6.70. The van der Waals surface area contributed by atoms with E-state index in [1.807, 2.05) is 18.2 Å². The first-order chi connectivity index (χ1) is 9.28. The highest BCUT2D eigenvalue weighted by Gasteiger charge is 2.24. The number of rotatable bonds is 5. The van der Waals surface area contributed by atoms with Crippen LogP contribution in [0.25, 0.3) is 0 Å². The normalized spacial score (nSPS) is 23.0. The quantitative estimate of drug-likeness (QED) is 0.822. The maximum atomic E-state index is 11.3. The fourth-order valence-corrected chi connectivity index (χ4v) is 2.38. The van der Waals surface area contributed by atoms with Crippen molar-refractivity contribution in [3.8, 4) is 0 Å². The molecule has 1 N–H and O–H groups in total. The minimum absolute atomic E-state index is 0.155. The van der Waals surface area contributed by atoms with Gasteiger partial charge in [-0.3, -0.25) is 4.79 Å². The van der Waals surface area contributed by atoms with Crippen molar-refractivity contribution in [2.24, 2.45) is 5.92 Å². The number of methoxy groups -OCH3 is 1. The lowest BCUT2D eigenvalue weighted by Gasteiger charge is -2.29. The van der Waals surface area contributed by atoms with Gasteiger partial charge in [-0.1, -0.05) is 30.3 Å². The molecule has 1 aliphatic rings. The molecule has 0 aliphatic carbocycles. The van der Waals surface area contributed by atoms with Gasteiger partial charge in [-0.05, 0) is 17.9 Å². The van der Waals surface area contributed by atoms with Gasteiger partial charge in [-0.25, -0.2) is 0 Å². The zero-order valence-electron chi connectivity index (χ0n) is 11.3. The van der Waals surface area contributed by atoms with Gasteiger partial charge in [0, 0.05) is 12.6 Å². The number of benzene rings is 1. The van der Waals surface area contributed by atoms with Gasteiger partial charge in [0.1, 0.15) is 0 Å². The topological polar surface area (TPSA) is 47.6 Å². The number of esters is 1. The molecule has 1 heterocycles. The Morgan fingerprint density at radius 1 is 1.37 bits per heavy atom. The van der Waals surface area contributed by atoms with Crippen LogP contribution < -0.4 is 5.32 Å². The van der Waals surface area contributed by atoms with Crippen molar-refractivity contribution in [2.45, 2.75) is 25.4 Å². The van der Waals surface area contributed by atoms with Crippen molar-refractivity contribution >= 4 is 5.97 Å². The molecule has 19 heavy (non-hydrogen) atoms. The van der Waals surface area contributed by atoms with Crippen LogP contribution in [-0.4, -0.2) is 32.3 Å². The standard InChI is InChI=1S/C15H21NO3/c1-18-15(17)8-13-7-14(11-19-10-13)16-9-12-5-3-2-4-6-12/h2-6,13-14,16H,7-11H2,1H3. The Labute approximate surface area is 114 Å². The Balaban J connectivity index is 1.76. The highest BCUT2D eigenvalue weighted by atomic mass is 16.5. The maximum Gasteiger partial charge on any atom is 0.305 e. The van der Waals surface area contributed by atoms with Crippen molar-refractivity contribution in [1.29, 1.82) is 0 Å². The number of hydrogen-bond donors (Lipinski definition) is 1. The molecule has 2 rings (SSSR count). The zero-order chi connectivity index (χ0) is 13.5. The molecule has 1 aliphatic heterocycles. The molecule has 0 saturated carbocycles. The monoisotopic (exact) mass is 263 g/mol. The van der Waals surface area contributed by atoms with Gasteiger partial charge in [0.05, 0.1) is 26.7 Å². The van der Waals surface area contributed by atoms with Crippen molar-refractivity contribution in [3.05, 3.63) is 35.9 Å². The van der Waals surface area contributed by atoms with Crippen LogP contribution in [0.1, 0.15) is 18.4 Å². The molecule has 1 aromatic rings. The lowest BCUT2D eigenvalue weighted by Crippen LogP contribution is -2.40. The lowest BCUT2D eigenvalue weighted by atomic mass is 9.95. The fourth-order valence-electron chi connectivity index (χ4n) is 2.38. The Bertz CT molecular complexity index is 394. The van der Waals surface area contributed by atoms with E-state index in [1.54, 1.807) is 0 Å². The summed E-state index contributed by atoms with van der Waals surface area (Å²) in [7, 11) is 1.43. The molecule has 0 bridgehead atoms. The third-order valence-corrected chi connectivity index (χ3v) is 3.41. The predicted octanol–water partition coefficient (Wildman–Crippen LogP) is 1.74. The molecule has 1 fully saturated rings. The fraction of sp³-hybridized carbons (Fsp3) is 0.533. The number of nitrogens with one attached hydrogen (secondary N) is 1. The molecule has 1 saturated heterocycles. The van der Waals surface area contributed by atoms with E-state index in [9.17, 15) is 4.79 Å². The maximum absolute atomic E-state index is 11.3. The second kappa shape index (κ2) is 7.26. The van der Waals surface area contributed by atoms with E-state index >= 15 is 0 Å². The highest BCUT2D eigenvalue weighted by Crippen LogP contribution is 2.18. The molecule has 0 spiro atoms. The minimum Gasteiger partial charge on any atom is -0.469 e. The van der Waals surface area contributed by atoms with E-state index in [-0.39, 0.29) is 11.9 Å². The van der Waals surface area contributed by atoms with Crippen molar-refractivity contribution in [3.63, 3.8) is 0 Å². The van der Waals surface area contributed by atoms with Crippen molar-refractivity contribution in [2.75, 3.05) is 20.3 Å². The largest absolute Gasteiger partial charge is 0.469 e. The SMILES string of the molecule is COC(=O)CC1COCC(NCc2ccccc2)C1. The predicted molar refractivity (Wildman–Crippen MR) is 72.6 cm³/mol. The van der Waals surface area contributed by atoms with Crippen molar-refractivity contribution < 1.29 is 14.3 Å². The molecule has 0 amide bonds. The summed E-state index contributed by atoms with van der Waals surface area (Å²) in [4.78, 5) is 11.3. The average Bonchev–Trinajstić information content (AvgIpc) is 2.46. The van der Waals surface area contributed by atoms with Crippen LogP contribution in [0.4, 0.5) is 0 Å². The summed E-state index contributed by atoms with van der Waals surface area (Å²) in [6.07, 6.45) is 1.40. The van der Waals surface area contributed by atoms with Gasteiger partial charge >= 0.3 is 5.97 Å². The van der Waals surface area contributed by atoms with E-state index in [4.69, 9.17) is 9.47 Å². The molecule has 4 nitrogen and oxygen atoms in total. The highest BCUT2D eigenvalue weighted by molar-refractivity contribution is 5.69. The van der Waals surface area contributed by atoms with Gasteiger partial charge in [0.25, 0.3) is 0 Å². The molecular weight excluding hydrogens is 242 g/mol. The molecule has 2 atom stereocenters. The summed E-state index contributed by atoms with van der Waals surface area (Å²) in [6.45, 7) is 2.20. The van der Waals surface area contributed by atoms with Crippen LogP contribution in [-0.2, 0) is 20.8 Å². The molecule has 104 valence electrons. The van der Waals surface area contributed by atoms with E-state index < -0.39 is 0 Å². The van der Waals surface area contributed by atoms with Crippen LogP contribution in [0.2, 0.25) is 0 Å². The molecule has 2 unspecified atom stereocenters. The molecule has 4 heteroatoms. The second-order valence-electron chi connectivity index (χ2n) is 4.98. The summed E-state index contributed by atoms with van der Waals surface area (Å²) in [6, 6.07) is 10.6. The number of carbonyl (C=O) groups is 1. The van der Waals surface area contributed by atoms with Crippen LogP contribution in [0.15, 0.2) is 30.3 Å². The summed E-state index contributed by atoms with van der Waals surface area (Å²) in [5.41, 5.74) is 1.26. The number of hydrogen-bond acceptors (Lipinski definition) is 4. The summed E-state index contributed by atoms with van der Waals surface area (Å²) in [5.74, 6) is 0.104. The minimum atomic E-state index is -0.155. The van der Waals surface area contributed by atoms with Crippen LogP contribution in [0.3, 0.4) is 0 Å². The van der Waals surface area contributed by atoms with Gasteiger partial charge < -0.3 is 14.8 Å². The van der Waals surface area contributed by atoms with Gasteiger partial charge in [-0.15, -0.1) is 0 Å². The zero-order valence-corrected chi connectivity index (χ0v) is 11.3. The number of ether oxygens (including phenoxy) is 2. The van der Waals surface area contributed by atoms with Crippen LogP contribution in [0, 0.1) is 5.92 Å². The average molecular weight is 263 g/mol. The molecule has 0 radical (unpaired) electrons. The smallest absolute Gasteiger partial charge is 0.305 e. The van der Waals surface area contributed by atoms with Crippen LogP contribution in [0.5, 0.6) is 0 Å². The van der Waals surface area contributed by atoms with Gasteiger partial charge in [0.15, 0.2) is 0 Å². The third-order valence-electron chi connectivity index (χ3n) is 3.41. The van der Waals surface area contributed by atoms with Crippen LogP contribution >= 0.6 is 0 Å².